The van der Waals surface area contributed by atoms with Gasteiger partial charge in [0.1, 0.15) is 34.5 Å². The molecule has 0 unspecified atom stereocenters. The Hall–Kier alpha value is -5.84. The molecule has 4 amide bonds. The smallest absolute Gasteiger partial charge is 0.245 e. The molecule has 1 aromatic heterocycles. The lowest BCUT2D eigenvalue weighted by Crippen LogP contribution is -2.54. The molecule has 0 bridgehead atoms. The van der Waals surface area contributed by atoms with E-state index in [1.165, 1.54) is 24.3 Å². The fourth-order valence-corrected chi connectivity index (χ4v) is 7.99. The molecule has 2 heterocycles. The van der Waals surface area contributed by atoms with Crippen LogP contribution in [0, 0.1) is 22.6 Å². The molecule has 362 valence electrons. The van der Waals surface area contributed by atoms with Gasteiger partial charge in [-0.15, -0.1) is 0 Å². The number of methoxy groups -OCH3 is 1. The number of piperidine rings is 1. The van der Waals surface area contributed by atoms with Gasteiger partial charge in [-0.3, -0.25) is 24.2 Å². The number of carbonyl (C=O) groups is 4. The Bertz CT molecular complexity index is 2280. The van der Waals surface area contributed by atoms with Gasteiger partial charge in [0.2, 0.25) is 23.6 Å². The van der Waals surface area contributed by atoms with E-state index in [0.29, 0.717) is 81.2 Å². The van der Waals surface area contributed by atoms with Crippen LogP contribution >= 0.6 is 0 Å². The van der Waals surface area contributed by atoms with E-state index in [0.717, 1.165) is 61.1 Å². The second kappa shape index (κ2) is 23.7. The molecule has 6 rings (SSSR count). The molecule has 1 saturated heterocycles. The predicted octanol–water partition coefficient (Wildman–Crippen LogP) is 7.98. The van der Waals surface area contributed by atoms with Gasteiger partial charge in [0.25, 0.3) is 0 Å². The first-order valence-electron chi connectivity index (χ1n) is 23.4. The summed E-state index contributed by atoms with van der Waals surface area (Å²) in [6.07, 6.45) is 6.95. The van der Waals surface area contributed by atoms with Crippen molar-refractivity contribution in [3.8, 4) is 17.2 Å². The normalized spacial score (nSPS) is 15.1. The summed E-state index contributed by atoms with van der Waals surface area (Å²) in [5.74, 6) is 0.991. The first-order chi connectivity index (χ1) is 32.2. The summed E-state index contributed by atoms with van der Waals surface area (Å²) >= 11 is 0. The largest absolute Gasteiger partial charge is 0.495 e. The van der Waals surface area contributed by atoms with E-state index < -0.39 is 34.5 Å². The third kappa shape index (κ3) is 14.1. The molecule has 16 heteroatoms. The van der Waals surface area contributed by atoms with Crippen molar-refractivity contribution in [1.82, 2.24) is 15.2 Å². The number of rotatable bonds is 24. The Kier molecular flexibility index (Phi) is 17.9. The number of aromatic nitrogens is 1. The zero-order valence-corrected chi connectivity index (χ0v) is 39.8. The molecule has 1 aliphatic carbocycles. The molecule has 0 spiro atoms. The maximum absolute atomic E-state index is 13.3. The Morgan fingerprint density at radius 2 is 1.43 bits per heavy atom. The zero-order valence-electron chi connectivity index (χ0n) is 39.8. The van der Waals surface area contributed by atoms with Gasteiger partial charge < -0.3 is 49.4 Å². The van der Waals surface area contributed by atoms with Crippen molar-refractivity contribution in [2.45, 2.75) is 78.7 Å². The molecule has 2 aliphatic rings. The van der Waals surface area contributed by atoms with Crippen molar-refractivity contribution >= 4 is 51.6 Å². The molecule has 2 fully saturated rings. The van der Waals surface area contributed by atoms with Crippen LogP contribution < -0.4 is 30.3 Å². The summed E-state index contributed by atoms with van der Waals surface area (Å²) in [7, 11) is 3.41. The number of ether oxygens (including phenoxy) is 5. The monoisotopic (exact) mass is 926 g/mol. The molecule has 1 atom stereocenters. The number of anilines is 3. The molecular formula is C51H67FN6O9. The number of halogens is 1. The first kappa shape index (κ1) is 50.6. The van der Waals surface area contributed by atoms with E-state index in [1.807, 2.05) is 33.8 Å². The van der Waals surface area contributed by atoms with E-state index in [4.69, 9.17) is 23.7 Å². The SMILES string of the molecule is CCN(C)C(=O)[C@@H](NC(=O)CCOCCOCCOCCCC1CCN(c2cc3nccc(Oc4ccc(NC(=O)C5(C(=O)Nc6ccc(F)cc6)CC5)cc4)c3cc2OC)CC1)C(C)(C)C. The third-order valence-electron chi connectivity index (χ3n) is 12.4. The highest BCUT2D eigenvalue weighted by Crippen LogP contribution is 2.48. The lowest BCUT2D eigenvalue weighted by atomic mass is 9.85. The predicted molar refractivity (Wildman–Crippen MR) is 256 cm³/mol. The Balaban J connectivity index is 0.863. The molecule has 67 heavy (non-hydrogen) atoms. The van der Waals surface area contributed by atoms with Crippen LogP contribution in [0.4, 0.5) is 21.5 Å². The van der Waals surface area contributed by atoms with E-state index in [2.05, 4.69) is 31.9 Å². The summed E-state index contributed by atoms with van der Waals surface area (Å²) < 4.78 is 42.6. The molecule has 3 N–H and O–H groups in total. The number of hydrogen-bond acceptors (Lipinski definition) is 11. The minimum Gasteiger partial charge on any atom is -0.495 e. The number of hydrogen-bond donors (Lipinski definition) is 3. The Morgan fingerprint density at radius 1 is 0.836 bits per heavy atom. The van der Waals surface area contributed by atoms with Crippen LogP contribution in [0.1, 0.15) is 72.6 Å². The van der Waals surface area contributed by atoms with Gasteiger partial charge in [0.05, 0.1) is 51.3 Å². The summed E-state index contributed by atoms with van der Waals surface area (Å²) in [5, 5.41) is 9.27. The molecule has 1 aliphatic heterocycles. The van der Waals surface area contributed by atoms with Gasteiger partial charge in [0, 0.05) is 62.7 Å². The van der Waals surface area contributed by atoms with Gasteiger partial charge in [-0.2, -0.15) is 0 Å². The highest BCUT2D eigenvalue weighted by molar-refractivity contribution is 6.17. The van der Waals surface area contributed by atoms with Crippen molar-refractivity contribution in [1.29, 1.82) is 0 Å². The molecule has 4 aromatic rings. The minimum absolute atomic E-state index is 0.0998. The van der Waals surface area contributed by atoms with Crippen LogP contribution in [0.15, 0.2) is 72.9 Å². The second-order valence-electron chi connectivity index (χ2n) is 18.4. The first-order valence-corrected chi connectivity index (χ1v) is 23.4. The van der Waals surface area contributed by atoms with Crippen LogP contribution in [0.3, 0.4) is 0 Å². The van der Waals surface area contributed by atoms with Crippen molar-refractivity contribution in [2.75, 3.05) is 89.0 Å². The third-order valence-corrected chi connectivity index (χ3v) is 12.4. The van der Waals surface area contributed by atoms with Crippen LogP contribution in [-0.4, -0.2) is 113 Å². The van der Waals surface area contributed by atoms with Gasteiger partial charge in [-0.25, -0.2) is 4.39 Å². The highest BCUT2D eigenvalue weighted by atomic mass is 19.1. The number of pyridine rings is 1. The fourth-order valence-electron chi connectivity index (χ4n) is 7.99. The summed E-state index contributed by atoms with van der Waals surface area (Å²) in [6, 6.07) is 17.6. The number of nitrogens with zero attached hydrogens (tertiary/aromatic N) is 3. The molecule has 0 radical (unpaired) electrons. The molecule has 15 nitrogen and oxygen atoms in total. The van der Waals surface area contributed by atoms with Crippen molar-refractivity contribution in [3.05, 3.63) is 78.7 Å². The Labute approximate surface area is 393 Å². The number of nitrogens with one attached hydrogen (secondary N) is 3. The lowest BCUT2D eigenvalue weighted by molar-refractivity contribution is -0.138. The standard InChI is InChI=1S/C51H67FN6O9/c1-7-57(5)47(60)46(50(2,3)4)56-45(59)21-28-65-30-32-66-31-29-64-27-8-9-35-19-25-58(26-20-35)42-34-41-40(33-44(42)63-6)43(18-24-53-41)67-39-16-14-38(15-17-39)55-49(62)51(22-23-51)48(61)54-37-12-10-36(52)11-13-37/h10-18,24,33-35,46H,7-9,19-23,25-32H2,1-6H3,(H,54,61)(H,55,62)(H,56,59)/t46-/m1/s1. The van der Waals surface area contributed by atoms with E-state index in [9.17, 15) is 23.6 Å². The molecule has 1 saturated carbocycles. The van der Waals surface area contributed by atoms with E-state index >= 15 is 0 Å². The fraction of sp³-hybridized carbons (Fsp3) is 0.510. The number of carbonyl (C=O) groups excluding carboxylic acids is 4. The van der Waals surface area contributed by atoms with Gasteiger partial charge in [0.15, 0.2) is 0 Å². The van der Waals surface area contributed by atoms with Crippen LogP contribution in [0.5, 0.6) is 17.2 Å². The molecule has 3 aromatic carbocycles. The molecular weight excluding hydrogens is 860 g/mol. The average molecular weight is 927 g/mol. The summed E-state index contributed by atoms with van der Waals surface area (Å²) in [6.45, 7) is 12.8. The van der Waals surface area contributed by atoms with Crippen molar-refractivity contribution < 1.29 is 47.3 Å². The zero-order chi connectivity index (χ0) is 48.0. The van der Waals surface area contributed by atoms with Gasteiger partial charge in [-0.1, -0.05) is 20.8 Å². The quantitative estimate of drug-likeness (QED) is 0.0460. The van der Waals surface area contributed by atoms with Crippen LogP contribution in [0.2, 0.25) is 0 Å². The van der Waals surface area contributed by atoms with Crippen LogP contribution in [-0.2, 0) is 33.4 Å². The van der Waals surface area contributed by atoms with E-state index in [-0.39, 0.29) is 24.8 Å². The summed E-state index contributed by atoms with van der Waals surface area (Å²) in [5.41, 5.74) is 1.16. The van der Waals surface area contributed by atoms with Crippen molar-refractivity contribution in [2.24, 2.45) is 16.7 Å². The van der Waals surface area contributed by atoms with Crippen molar-refractivity contribution in [3.63, 3.8) is 0 Å². The number of amides is 4. The number of likely N-dealkylation sites (N-methyl/N-ethyl adjacent to an activating group) is 1. The second-order valence-corrected chi connectivity index (χ2v) is 18.4. The van der Waals surface area contributed by atoms with Gasteiger partial charge in [-0.05, 0) is 124 Å². The van der Waals surface area contributed by atoms with E-state index in [1.54, 1.807) is 55.6 Å². The van der Waals surface area contributed by atoms with Crippen LogP contribution in [0.25, 0.3) is 10.9 Å². The average Bonchev–Trinajstić information content (AvgIpc) is 4.14. The Morgan fingerprint density at radius 3 is 2.01 bits per heavy atom. The summed E-state index contributed by atoms with van der Waals surface area (Å²) in [4.78, 5) is 60.1. The number of fused-ring (bicyclic) bond motifs is 1. The highest BCUT2D eigenvalue weighted by Gasteiger charge is 2.56. The number of benzene rings is 3. The maximum atomic E-state index is 13.3. The lowest BCUT2D eigenvalue weighted by Gasteiger charge is -2.34. The minimum atomic E-state index is -1.17. The topological polar surface area (TPSA) is 170 Å². The maximum Gasteiger partial charge on any atom is 0.245 e. The van der Waals surface area contributed by atoms with Gasteiger partial charge >= 0.3 is 0 Å².